The van der Waals surface area contributed by atoms with E-state index in [1.165, 1.54) is 0 Å². The van der Waals surface area contributed by atoms with Crippen LogP contribution in [-0.2, 0) is 11.3 Å². The smallest absolute Gasteiger partial charge is 0.224 e. The SMILES string of the molecule is Cc1ccc(CN=O)cc1-c1ccc2c(c1)=CNC(NC(=O)C1CC1)C=2. The van der Waals surface area contributed by atoms with E-state index in [-0.39, 0.29) is 24.5 Å². The maximum Gasteiger partial charge on any atom is 0.224 e. The Kier molecular flexibility index (Phi) is 4.29. The third-order valence-corrected chi connectivity index (χ3v) is 4.96. The van der Waals surface area contributed by atoms with Crippen molar-refractivity contribution >= 4 is 18.2 Å². The summed E-state index contributed by atoms with van der Waals surface area (Å²) >= 11 is 0. The van der Waals surface area contributed by atoms with Gasteiger partial charge in [0.1, 0.15) is 12.7 Å². The van der Waals surface area contributed by atoms with E-state index in [2.05, 4.69) is 40.9 Å². The van der Waals surface area contributed by atoms with Gasteiger partial charge in [-0.3, -0.25) is 4.79 Å². The van der Waals surface area contributed by atoms with Crippen molar-refractivity contribution in [2.45, 2.75) is 32.5 Å². The molecule has 1 aliphatic heterocycles. The molecular weight excluding hydrogens is 326 g/mol. The summed E-state index contributed by atoms with van der Waals surface area (Å²) in [5.74, 6) is 0.327. The van der Waals surface area contributed by atoms with Gasteiger partial charge in [0, 0.05) is 12.1 Å². The molecule has 1 fully saturated rings. The van der Waals surface area contributed by atoms with Gasteiger partial charge < -0.3 is 10.6 Å². The molecule has 2 aromatic carbocycles. The fraction of sp³-hybridized carbons (Fsp3) is 0.286. The highest BCUT2D eigenvalue weighted by Gasteiger charge is 2.30. The van der Waals surface area contributed by atoms with Crippen molar-refractivity contribution in [3.63, 3.8) is 0 Å². The molecule has 5 heteroatoms. The van der Waals surface area contributed by atoms with Gasteiger partial charge >= 0.3 is 0 Å². The number of hydrogen-bond donors (Lipinski definition) is 2. The third-order valence-electron chi connectivity index (χ3n) is 4.96. The van der Waals surface area contributed by atoms with Crippen molar-refractivity contribution in [3.8, 4) is 11.1 Å². The Hall–Kier alpha value is -2.95. The minimum atomic E-state index is -0.162. The van der Waals surface area contributed by atoms with E-state index in [9.17, 15) is 9.70 Å². The first kappa shape index (κ1) is 16.5. The maximum atomic E-state index is 11.9. The summed E-state index contributed by atoms with van der Waals surface area (Å²) < 4.78 is 0. The number of hydrogen-bond acceptors (Lipinski definition) is 4. The van der Waals surface area contributed by atoms with Gasteiger partial charge in [0.05, 0.1) is 0 Å². The van der Waals surface area contributed by atoms with E-state index in [4.69, 9.17) is 0 Å². The summed E-state index contributed by atoms with van der Waals surface area (Å²) in [6.07, 6.45) is 5.83. The van der Waals surface area contributed by atoms with E-state index in [1.807, 2.05) is 30.5 Å². The van der Waals surface area contributed by atoms with Crippen LogP contribution in [-0.4, -0.2) is 12.1 Å². The van der Waals surface area contributed by atoms with Crippen molar-refractivity contribution in [2.24, 2.45) is 11.1 Å². The second-order valence-electron chi connectivity index (χ2n) is 7.02. The van der Waals surface area contributed by atoms with Crippen LogP contribution in [0, 0.1) is 17.7 Å². The zero-order valence-electron chi connectivity index (χ0n) is 14.7. The number of benzene rings is 2. The molecular formula is C21H21N3O2. The molecule has 2 aromatic rings. The van der Waals surface area contributed by atoms with Gasteiger partial charge in [0.25, 0.3) is 0 Å². The van der Waals surface area contributed by atoms with Crippen LogP contribution in [0.15, 0.2) is 41.6 Å². The lowest BCUT2D eigenvalue weighted by Gasteiger charge is -2.18. The minimum Gasteiger partial charge on any atom is -0.368 e. The van der Waals surface area contributed by atoms with E-state index in [0.717, 1.165) is 45.5 Å². The summed E-state index contributed by atoms with van der Waals surface area (Å²) in [5, 5.41) is 11.4. The fourth-order valence-electron chi connectivity index (χ4n) is 3.28. The summed E-state index contributed by atoms with van der Waals surface area (Å²) in [6.45, 7) is 2.24. The number of rotatable bonds is 5. The van der Waals surface area contributed by atoms with Crippen LogP contribution >= 0.6 is 0 Å². The number of nitrogens with zero attached hydrogens (tertiary/aromatic N) is 1. The van der Waals surface area contributed by atoms with Gasteiger partial charge in [-0.05, 0) is 70.7 Å². The molecule has 0 radical (unpaired) electrons. The van der Waals surface area contributed by atoms with Crippen LogP contribution in [0.2, 0.25) is 0 Å². The first-order chi connectivity index (χ1) is 12.6. The molecule has 0 aromatic heterocycles. The van der Waals surface area contributed by atoms with Crippen LogP contribution in [0.1, 0.15) is 24.0 Å². The van der Waals surface area contributed by atoms with Crippen LogP contribution in [0.5, 0.6) is 0 Å². The van der Waals surface area contributed by atoms with Crippen molar-refractivity contribution in [1.29, 1.82) is 0 Å². The summed E-state index contributed by atoms with van der Waals surface area (Å²) in [5.41, 5.74) is 4.27. The van der Waals surface area contributed by atoms with Crippen molar-refractivity contribution in [3.05, 3.63) is 62.9 Å². The van der Waals surface area contributed by atoms with Gasteiger partial charge in [0.15, 0.2) is 0 Å². The molecule has 0 saturated heterocycles. The Morgan fingerprint density at radius 3 is 2.81 bits per heavy atom. The van der Waals surface area contributed by atoms with Gasteiger partial charge in [0.2, 0.25) is 5.91 Å². The number of nitroso groups, excluding NO2 is 1. The number of carbonyl (C=O) groups is 1. The van der Waals surface area contributed by atoms with Crippen LogP contribution < -0.4 is 21.1 Å². The Balaban J connectivity index is 1.63. The first-order valence-corrected chi connectivity index (χ1v) is 8.91. The van der Waals surface area contributed by atoms with Gasteiger partial charge in [-0.25, -0.2) is 0 Å². The third kappa shape index (κ3) is 3.38. The lowest BCUT2D eigenvalue weighted by atomic mass is 9.97. The van der Waals surface area contributed by atoms with E-state index >= 15 is 0 Å². The molecule has 5 nitrogen and oxygen atoms in total. The standard InChI is InChI=1S/C21H21N3O2/c1-13-2-3-14(11-23-26)8-19(13)17-7-6-16-10-20(22-12-18(16)9-17)24-21(25)15-4-5-15/h2-3,6-10,12,15,20,22H,4-5,11H2,1H3,(H,24,25). The number of aryl methyl sites for hydroxylation is 1. The molecule has 0 bridgehead atoms. The number of carbonyl (C=O) groups excluding carboxylic acids is 1. The molecule has 1 atom stereocenters. The Morgan fingerprint density at radius 2 is 2.04 bits per heavy atom. The maximum absolute atomic E-state index is 11.9. The first-order valence-electron chi connectivity index (χ1n) is 8.91. The predicted octanol–water partition coefficient (Wildman–Crippen LogP) is 1.90. The second-order valence-corrected chi connectivity index (χ2v) is 7.02. The minimum absolute atomic E-state index is 0.128. The number of nitrogens with one attached hydrogen (secondary N) is 2. The molecule has 4 rings (SSSR count). The monoisotopic (exact) mass is 347 g/mol. The van der Waals surface area contributed by atoms with Crippen molar-refractivity contribution in [1.82, 2.24) is 10.6 Å². The molecule has 1 unspecified atom stereocenters. The summed E-state index contributed by atoms with van der Waals surface area (Å²) in [7, 11) is 0. The predicted molar refractivity (Wildman–Crippen MR) is 102 cm³/mol. The van der Waals surface area contributed by atoms with Crippen molar-refractivity contribution < 1.29 is 4.79 Å². The van der Waals surface area contributed by atoms with Gasteiger partial charge in [-0.2, -0.15) is 4.91 Å². The zero-order chi connectivity index (χ0) is 18.1. The molecule has 2 N–H and O–H groups in total. The average molecular weight is 347 g/mol. The molecule has 1 aliphatic carbocycles. The van der Waals surface area contributed by atoms with Gasteiger partial charge in [-0.15, -0.1) is 0 Å². The van der Waals surface area contributed by atoms with Crippen LogP contribution in [0.4, 0.5) is 0 Å². The molecule has 1 amide bonds. The Labute approximate surface area is 151 Å². The Bertz CT molecular complexity index is 993. The quantitative estimate of drug-likeness (QED) is 0.812. The lowest BCUT2D eigenvalue weighted by Crippen LogP contribution is -2.48. The zero-order valence-corrected chi connectivity index (χ0v) is 14.7. The summed E-state index contributed by atoms with van der Waals surface area (Å²) in [6, 6.07) is 12.3. The topological polar surface area (TPSA) is 70.6 Å². The van der Waals surface area contributed by atoms with Gasteiger partial charge in [-0.1, -0.05) is 29.4 Å². The second kappa shape index (κ2) is 6.75. The van der Waals surface area contributed by atoms with E-state index in [1.54, 1.807) is 0 Å². The fourth-order valence-corrected chi connectivity index (χ4v) is 3.28. The lowest BCUT2D eigenvalue weighted by molar-refractivity contribution is -0.122. The van der Waals surface area contributed by atoms with Crippen LogP contribution in [0.25, 0.3) is 23.4 Å². The molecule has 132 valence electrons. The Morgan fingerprint density at radius 1 is 1.19 bits per heavy atom. The highest BCUT2D eigenvalue weighted by atomic mass is 16.3. The number of fused-ring (bicyclic) bond motifs is 1. The normalized spacial score (nSPS) is 18.0. The summed E-state index contributed by atoms with van der Waals surface area (Å²) in [4.78, 5) is 22.5. The number of amides is 1. The molecule has 26 heavy (non-hydrogen) atoms. The molecule has 1 heterocycles. The molecule has 1 saturated carbocycles. The highest BCUT2D eigenvalue weighted by molar-refractivity contribution is 5.82. The van der Waals surface area contributed by atoms with E-state index < -0.39 is 0 Å². The van der Waals surface area contributed by atoms with Crippen molar-refractivity contribution in [2.75, 3.05) is 0 Å². The molecule has 0 spiro atoms. The largest absolute Gasteiger partial charge is 0.368 e. The average Bonchev–Trinajstić information content (AvgIpc) is 3.48. The highest BCUT2D eigenvalue weighted by Crippen LogP contribution is 2.28. The molecule has 2 aliphatic rings. The van der Waals surface area contributed by atoms with Crippen LogP contribution in [0.3, 0.4) is 0 Å². The van der Waals surface area contributed by atoms with E-state index in [0.29, 0.717) is 0 Å².